The Balaban J connectivity index is 1.88. The average Bonchev–Trinajstić information content (AvgIpc) is 2.79. The van der Waals surface area contributed by atoms with Gasteiger partial charge in [-0.05, 0) is 51.3 Å². The van der Waals surface area contributed by atoms with E-state index in [4.69, 9.17) is 23.9 Å². The lowest BCUT2D eigenvalue weighted by Gasteiger charge is -2.36. The van der Waals surface area contributed by atoms with Crippen molar-refractivity contribution in [1.29, 1.82) is 0 Å². The summed E-state index contributed by atoms with van der Waals surface area (Å²) in [5.74, 6) is 3.23. The number of benzene rings is 1. The Hall–Kier alpha value is -2.76. The smallest absolute Gasteiger partial charge is 0.216 e. The maximum atomic E-state index is 5.99. The molecule has 1 saturated carbocycles. The second-order valence-corrected chi connectivity index (χ2v) is 7.84. The molecular weight excluding hydrogens is 392 g/mol. The molecule has 0 unspecified atom stereocenters. The average molecular weight is 425 g/mol. The van der Waals surface area contributed by atoms with Gasteiger partial charge in [-0.3, -0.25) is 4.99 Å². The molecule has 4 rings (SSSR count). The number of methoxy groups -OCH3 is 1. The first kappa shape index (κ1) is 21.5. The number of nitrogens with zero attached hydrogens (tertiary/aromatic N) is 2. The second-order valence-electron chi connectivity index (χ2n) is 7.84. The Morgan fingerprint density at radius 1 is 0.839 bits per heavy atom. The predicted octanol–water partition coefficient (Wildman–Crippen LogP) is 5.16. The largest absolute Gasteiger partial charge is 0.493 e. The highest BCUT2D eigenvalue weighted by atomic mass is 16.5. The van der Waals surface area contributed by atoms with E-state index in [1.807, 2.05) is 33.0 Å². The standard InChI is InChI=1S/C25H32N2O4/c1-5-29-21-14-24(31-7-3)26-15-19(21)25-18-13-22(28-4)23(30-6-2)12-17(18)16-10-8-9-11-20(16)27-25/h12-16,20H,5-11H2,1-4H3/t16-,20-/m1/s1. The zero-order valence-corrected chi connectivity index (χ0v) is 18.9. The molecule has 0 spiro atoms. The number of rotatable bonds is 8. The molecule has 6 heteroatoms. The SMILES string of the molecule is CCOc1cc(OCC)c(C2=N[C@@H]3CCCC[C@@H]3c3cc(OCC)c(OC)cc32)cn1. The molecule has 1 fully saturated rings. The molecule has 1 aromatic heterocycles. The number of aromatic nitrogens is 1. The van der Waals surface area contributed by atoms with Gasteiger partial charge in [0.05, 0.1) is 44.2 Å². The first-order chi connectivity index (χ1) is 15.2. The summed E-state index contributed by atoms with van der Waals surface area (Å²) in [6.07, 6.45) is 6.51. The van der Waals surface area contributed by atoms with E-state index in [1.54, 1.807) is 7.11 Å². The van der Waals surface area contributed by atoms with E-state index in [0.717, 1.165) is 46.9 Å². The van der Waals surface area contributed by atoms with Gasteiger partial charge in [0.1, 0.15) is 5.75 Å². The fraction of sp³-hybridized carbons (Fsp3) is 0.520. The fourth-order valence-electron chi connectivity index (χ4n) is 4.69. The van der Waals surface area contributed by atoms with Crippen LogP contribution < -0.4 is 18.9 Å². The van der Waals surface area contributed by atoms with Crippen molar-refractivity contribution < 1.29 is 18.9 Å². The molecular formula is C25H32N2O4. The molecule has 0 saturated heterocycles. The van der Waals surface area contributed by atoms with Crippen molar-refractivity contribution in [2.24, 2.45) is 4.99 Å². The molecule has 31 heavy (non-hydrogen) atoms. The molecule has 1 aromatic carbocycles. The predicted molar refractivity (Wildman–Crippen MR) is 121 cm³/mol. The van der Waals surface area contributed by atoms with E-state index in [0.29, 0.717) is 31.6 Å². The van der Waals surface area contributed by atoms with E-state index in [-0.39, 0.29) is 6.04 Å². The van der Waals surface area contributed by atoms with Crippen molar-refractivity contribution in [3.05, 3.63) is 41.1 Å². The third-order valence-corrected chi connectivity index (χ3v) is 6.00. The fourth-order valence-corrected chi connectivity index (χ4v) is 4.69. The van der Waals surface area contributed by atoms with E-state index < -0.39 is 0 Å². The Morgan fingerprint density at radius 2 is 1.58 bits per heavy atom. The van der Waals surface area contributed by atoms with Gasteiger partial charge in [0.2, 0.25) is 5.88 Å². The summed E-state index contributed by atoms with van der Waals surface area (Å²) < 4.78 is 23.2. The van der Waals surface area contributed by atoms with Crippen LogP contribution in [0.5, 0.6) is 23.1 Å². The third kappa shape index (κ3) is 4.21. The molecule has 1 aliphatic carbocycles. The molecule has 2 aliphatic rings. The van der Waals surface area contributed by atoms with Crippen LogP contribution in [-0.4, -0.2) is 43.7 Å². The molecule has 1 aliphatic heterocycles. The summed E-state index contributed by atoms with van der Waals surface area (Å²) in [6.45, 7) is 7.64. The number of hydrogen-bond donors (Lipinski definition) is 0. The van der Waals surface area contributed by atoms with Gasteiger partial charge in [0.15, 0.2) is 11.5 Å². The number of aliphatic imine (C=N–C) groups is 1. The van der Waals surface area contributed by atoms with Gasteiger partial charge >= 0.3 is 0 Å². The van der Waals surface area contributed by atoms with E-state index in [2.05, 4.69) is 17.1 Å². The van der Waals surface area contributed by atoms with Crippen LogP contribution >= 0.6 is 0 Å². The van der Waals surface area contributed by atoms with Crippen LogP contribution in [0.25, 0.3) is 0 Å². The van der Waals surface area contributed by atoms with E-state index in [1.165, 1.54) is 18.4 Å². The number of hydrogen-bond acceptors (Lipinski definition) is 6. The molecule has 6 nitrogen and oxygen atoms in total. The number of pyridine rings is 1. The van der Waals surface area contributed by atoms with Crippen LogP contribution in [0.3, 0.4) is 0 Å². The lowest BCUT2D eigenvalue weighted by Crippen LogP contribution is -2.30. The summed E-state index contributed by atoms with van der Waals surface area (Å²) >= 11 is 0. The second kappa shape index (κ2) is 9.58. The number of fused-ring (bicyclic) bond motifs is 3. The molecule has 0 N–H and O–H groups in total. The zero-order valence-electron chi connectivity index (χ0n) is 18.9. The van der Waals surface area contributed by atoms with Gasteiger partial charge in [0.25, 0.3) is 0 Å². The lowest BCUT2D eigenvalue weighted by atomic mass is 9.75. The van der Waals surface area contributed by atoms with Crippen molar-refractivity contribution >= 4 is 5.71 Å². The Bertz CT molecular complexity index is 957. The van der Waals surface area contributed by atoms with Gasteiger partial charge in [-0.25, -0.2) is 4.98 Å². The minimum atomic E-state index is 0.264. The van der Waals surface area contributed by atoms with Gasteiger partial charge < -0.3 is 18.9 Å². The van der Waals surface area contributed by atoms with E-state index >= 15 is 0 Å². The van der Waals surface area contributed by atoms with Crippen LogP contribution in [0.2, 0.25) is 0 Å². The summed E-state index contributed by atoms with van der Waals surface area (Å²) in [5, 5.41) is 0. The summed E-state index contributed by atoms with van der Waals surface area (Å²) in [6, 6.07) is 6.36. The monoisotopic (exact) mass is 424 g/mol. The van der Waals surface area contributed by atoms with Gasteiger partial charge in [-0.2, -0.15) is 0 Å². The topological polar surface area (TPSA) is 62.2 Å². The molecule has 0 amide bonds. The minimum absolute atomic E-state index is 0.264. The maximum Gasteiger partial charge on any atom is 0.216 e. The van der Waals surface area contributed by atoms with Crippen LogP contribution in [0.1, 0.15) is 69.1 Å². The minimum Gasteiger partial charge on any atom is -0.493 e. The third-order valence-electron chi connectivity index (χ3n) is 6.00. The normalized spacial score (nSPS) is 19.7. The first-order valence-corrected chi connectivity index (χ1v) is 11.4. The van der Waals surface area contributed by atoms with Crippen molar-refractivity contribution in [3.8, 4) is 23.1 Å². The highest BCUT2D eigenvalue weighted by Gasteiger charge is 2.35. The van der Waals surface area contributed by atoms with Gasteiger partial charge in [-0.15, -0.1) is 0 Å². The molecule has 0 radical (unpaired) electrons. The lowest BCUT2D eigenvalue weighted by molar-refractivity contribution is 0.308. The molecule has 2 atom stereocenters. The Kier molecular flexibility index (Phi) is 6.64. The van der Waals surface area contributed by atoms with Crippen molar-refractivity contribution in [1.82, 2.24) is 4.98 Å². The van der Waals surface area contributed by atoms with Crippen LogP contribution in [0.15, 0.2) is 29.4 Å². The molecule has 0 bridgehead atoms. The van der Waals surface area contributed by atoms with Gasteiger partial charge in [-0.1, -0.05) is 12.8 Å². The highest BCUT2D eigenvalue weighted by molar-refractivity contribution is 6.16. The molecule has 166 valence electrons. The summed E-state index contributed by atoms with van der Waals surface area (Å²) in [4.78, 5) is 9.76. The highest BCUT2D eigenvalue weighted by Crippen LogP contribution is 2.45. The first-order valence-electron chi connectivity index (χ1n) is 11.4. The van der Waals surface area contributed by atoms with Gasteiger partial charge in [0, 0.05) is 23.7 Å². The van der Waals surface area contributed by atoms with Crippen molar-refractivity contribution in [3.63, 3.8) is 0 Å². The summed E-state index contributed by atoms with van der Waals surface area (Å²) in [5.41, 5.74) is 4.17. The zero-order chi connectivity index (χ0) is 21.8. The van der Waals surface area contributed by atoms with Crippen LogP contribution in [0.4, 0.5) is 0 Å². The van der Waals surface area contributed by atoms with Crippen molar-refractivity contribution in [2.75, 3.05) is 26.9 Å². The Morgan fingerprint density at radius 3 is 2.32 bits per heavy atom. The van der Waals surface area contributed by atoms with Crippen LogP contribution in [-0.2, 0) is 0 Å². The van der Waals surface area contributed by atoms with Crippen LogP contribution in [0, 0.1) is 0 Å². The van der Waals surface area contributed by atoms with Crippen molar-refractivity contribution in [2.45, 2.75) is 58.4 Å². The summed E-state index contributed by atoms with van der Waals surface area (Å²) in [7, 11) is 1.68. The quantitative estimate of drug-likeness (QED) is 0.585. The maximum absolute atomic E-state index is 5.99. The Labute approximate surface area is 184 Å². The number of ether oxygens (including phenoxy) is 4. The molecule has 2 heterocycles. The van der Waals surface area contributed by atoms with E-state index in [9.17, 15) is 0 Å². The molecule has 2 aromatic rings.